The van der Waals surface area contributed by atoms with Gasteiger partial charge in [-0.2, -0.15) is 0 Å². The van der Waals surface area contributed by atoms with E-state index in [0.717, 1.165) is 32.7 Å². The smallest absolute Gasteiger partial charge is 0.0693 e. The Labute approximate surface area is 72.5 Å². The summed E-state index contributed by atoms with van der Waals surface area (Å²) in [6, 6.07) is 0. The molecule has 12 heavy (non-hydrogen) atoms. The van der Waals surface area contributed by atoms with Crippen LogP contribution in [-0.4, -0.2) is 49.0 Å². The van der Waals surface area contributed by atoms with Gasteiger partial charge >= 0.3 is 0 Å². The fraction of sp³-hybridized carbons (Fsp3) is 0.625. The largest absolute Gasteiger partial charge is 0.314 e. The molecule has 0 aromatic heterocycles. The normalized spacial score (nSPS) is 24.8. The van der Waals surface area contributed by atoms with Gasteiger partial charge in [-0.15, -0.1) is 0 Å². The van der Waals surface area contributed by atoms with Crippen molar-refractivity contribution < 1.29 is 0 Å². The highest BCUT2D eigenvalue weighted by Gasteiger charge is 2.14. The maximum absolute atomic E-state index is 4.03. The van der Waals surface area contributed by atoms with Gasteiger partial charge in [-0.05, 0) is 0 Å². The van der Waals surface area contributed by atoms with Crippen LogP contribution >= 0.6 is 0 Å². The number of hydrogen-bond acceptors (Lipinski definition) is 4. The van der Waals surface area contributed by atoms with Gasteiger partial charge in [0.1, 0.15) is 0 Å². The van der Waals surface area contributed by atoms with Crippen molar-refractivity contribution in [2.24, 2.45) is 4.99 Å². The van der Waals surface area contributed by atoms with E-state index in [4.69, 9.17) is 0 Å². The fourth-order valence-corrected chi connectivity index (χ4v) is 1.49. The fourth-order valence-electron chi connectivity index (χ4n) is 1.49. The molecule has 4 nitrogen and oxygen atoms in total. The van der Waals surface area contributed by atoms with Crippen molar-refractivity contribution in [1.82, 2.24) is 15.3 Å². The number of hydrazine groups is 1. The molecule has 0 spiro atoms. The summed E-state index contributed by atoms with van der Waals surface area (Å²) in [4.78, 5) is 4.03. The Bertz CT molecular complexity index is 193. The first-order valence-electron chi connectivity index (χ1n) is 4.37. The Kier molecular flexibility index (Phi) is 2.39. The maximum atomic E-state index is 4.03. The summed E-state index contributed by atoms with van der Waals surface area (Å²) < 4.78 is 0. The SMILES string of the molecule is C1=CN(N2CCNCC2)CC=N1. The number of nitrogens with zero attached hydrogens (tertiary/aromatic N) is 3. The lowest BCUT2D eigenvalue weighted by molar-refractivity contribution is 0.0239. The monoisotopic (exact) mass is 166 g/mol. The lowest BCUT2D eigenvalue weighted by Gasteiger charge is -2.36. The zero-order chi connectivity index (χ0) is 8.23. The van der Waals surface area contributed by atoms with Crippen molar-refractivity contribution in [2.45, 2.75) is 0 Å². The van der Waals surface area contributed by atoms with Crippen LogP contribution in [0.1, 0.15) is 0 Å². The quantitative estimate of drug-likeness (QED) is 0.578. The zero-order valence-electron chi connectivity index (χ0n) is 7.11. The average molecular weight is 166 g/mol. The van der Waals surface area contributed by atoms with Gasteiger partial charge in [0, 0.05) is 44.8 Å². The van der Waals surface area contributed by atoms with Crippen molar-refractivity contribution in [3.8, 4) is 0 Å². The van der Waals surface area contributed by atoms with Gasteiger partial charge in [-0.3, -0.25) is 4.99 Å². The lowest BCUT2D eigenvalue weighted by atomic mass is 10.4. The van der Waals surface area contributed by atoms with E-state index >= 15 is 0 Å². The van der Waals surface area contributed by atoms with E-state index in [9.17, 15) is 0 Å². The zero-order valence-corrected chi connectivity index (χ0v) is 7.11. The highest BCUT2D eigenvalue weighted by molar-refractivity contribution is 5.61. The third-order valence-electron chi connectivity index (χ3n) is 2.16. The Morgan fingerprint density at radius 2 is 2.08 bits per heavy atom. The van der Waals surface area contributed by atoms with Crippen molar-refractivity contribution in [2.75, 3.05) is 32.7 Å². The first kappa shape index (κ1) is 7.76. The molecule has 0 bridgehead atoms. The molecule has 1 N–H and O–H groups in total. The molecule has 1 saturated heterocycles. The van der Waals surface area contributed by atoms with E-state index in [2.05, 4.69) is 20.3 Å². The first-order valence-corrected chi connectivity index (χ1v) is 4.37. The third-order valence-corrected chi connectivity index (χ3v) is 2.16. The van der Waals surface area contributed by atoms with Crippen molar-refractivity contribution in [1.29, 1.82) is 0 Å². The average Bonchev–Trinajstić information content (AvgIpc) is 2.21. The molecule has 2 aliphatic rings. The predicted octanol–water partition coefficient (Wildman–Crippen LogP) is -0.336. The van der Waals surface area contributed by atoms with Crippen molar-refractivity contribution >= 4 is 6.21 Å². The highest BCUT2D eigenvalue weighted by atomic mass is 15.6. The van der Waals surface area contributed by atoms with Crippen LogP contribution in [0.5, 0.6) is 0 Å². The summed E-state index contributed by atoms with van der Waals surface area (Å²) in [6.07, 6.45) is 5.80. The number of nitrogens with one attached hydrogen (secondary N) is 1. The van der Waals surface area contributed by atoms with E-state index in [1.54, 1.807) is 0 Å². The molecular formula is C8H14N4. The minimum Gasteiger partial charge on any atom is -0.314 e. The summed E-state index contributed by atoms with van der Waals surface area (Å²) in [7, 11) is 0. The first-order chi connectivity index (χ1) is 5.97. The Hall–Kier alpha value is -0.870. The molecule has 0 unspecified atom stereocenters. The van der Waals surface area contributed by atoms with Crippen LogP contribution in [0.25, 0.3) is 0 Å². The molecule has 66 valence electrons. The van der Waals surface area contributed by atoms with Gasteiger partial charge in [0.15, 0.2) is 0 Å². The topological polar surface area (TPSA) is 30.9 Å². The summed E-state index contributed by atoms with van der Waals surface area (Å²) in [5.41, 5.74) is 0. The number of rotatable bonds is 1. The van der Waals surface area contributed by atoms with Crippen LogP contribution in [0, 0.1) is 0 Å². The highest BCUT2D eigenvalue weighted by Crippen LogP contribution is 2.02. The summed E-state index contributed by atoms with van der Waals surface area (Å²) in [5.74, 6) is 0. The van der Waals surface area contributed by atoms with Gasteiger partial charge in [-0.25, -0.2) is 5.01 Å². The molecular weight excluding hydrogens is 152 g/mol. The second-order valence-corrected chi connectivity index (χ2v) is 2.96. The molecule has 0 radical (unpaired) electrons. The van der Waals surface area contributed by atoms with Crippen LogP contribution in [0.3, 0.4) is 0 Å². The minimum absolute atomic E-state index is 0.913. The molecule has 0 atom stereocenters. The minimum atomic E-state index is 0.913. The van der Waals surface area contributed by atoms with Gasteiger partial charge in [-0.1, -0.05) is 0 Å². The Morgan fingerprint density at radius 3 is 2.75 bits per heavy atom. The molecule has 0 aliphatic carbocycles. The van der Waals surface area contributed by atoms with Crippen molar-refractivity contribution in [3.05, 3.63) is 12.4 Å². The maximum Gasteiger partial charge on any atom is 0.0693 e. The number of hydrogen-bond donors (Lipinski definition) is 1. The van der Waals surface area contributed by atoms with Gasteiger partial charge in [0.25, 0.3) is 0 Å². The molecule has 4 heteroatoms. The number of piperazine rings is 1. The Balaban J connectivity index is 1.90. The van der Waals surface area contributed by atoms with Crippen LogP contribution in [0.4, 0.5) is 0 Å². The summed E-state index contributed by atoms with van der Waals surface area (Å²) in [6.45, 7) is 5.27. The molecule has 2 aliphatic heterocycles. The van der Waals surface area contributed by atoms with Crippen molar-refractivity contribution in [3.63, 3.8) is 0 Å². The summed E-state index contributed by atoms with van der Waals surface area (Å²) in [5, 5.41) is 7.89. The van der Waals surface area contributed by atoms with E-state index in [-0.39, 0.29) is 0 Å². The third kappa shape index (κ3) is 1.65. The second kappa shape index (κ2) is 3.69. The lowest BCUT2D eigenvalue weighted by Crippen LogP contribution is -2.51. The second-order valence-electron chi connectivity index (χ2n) is 2.96. The van der Waals surface area contributed by atoms with Gasteiger partial charge in [0.2, 0.25) is 0 Å². The number of aliphatic imine (C=N–C) groups is 1. The molecule has 0 amide bonds. The summed E-state index contributed by atoms with van der Waals surface area (Å²) >= 11 is 0. The van der Waals surface area contributed by atoms with Gasteiger partial charge in [0.05, 0.1) is 6.54 Å². The van der Waals surface area contributed by atoms with Crippen LogP contribution in [0.15, 0.2) is 17.4 Å². The molecule has 0 saturated carbocycles. The Morgan fingerprint density at radius 1 is 1.25 bits per heavy atom. The van der Waals surface area contributed by atoms with Crippen LogP contribution in [0.2, 0.25) is 0 Å². The molecule has 2 rings (SSSR count). The molecule has 1 fully saturated rings. The molecule has 2 heterocycles. The molecule has 0 aromatic carbocycles. The molecule has 0 aromatic rings. The van der Waals surface area contributed by atoms with E-state index in [1.165, 1.54) is 0 Å². The van der Waals surface area contributed by atoms with E-state index in [0.29, 0.717) is 0 Å². The van der Waals surface area contributed by atoms with Crippen LogP contribution < -0.4 is 5.32 Å². The standard InChI is InChI=1S/C8H14N4/c1-5-11(6-2-9-1)12-7-3-10-4-8-12/h1-2,5,10H,3-4,6-8H2. The van der Waals surface area contributed by atoms with Crippen LogP contribution in [-0.2, 0) is 0 Å². The van der Waals surface area contributed by atoms with E-state index in [1.807, 2.05) is 18.6 Å². The van der Waals surface area contributed by atoms with Gasteiger partial charge < -0.3 is 10.3 Å². The predicted molar refractivity (Wildman–Crippen MR) is 48.8 cm³/mol. The van der Waals surface area contributed by atoms with E-state index < -0.39 is 0 Å².